The highest BCUT2D eigenvalue weighted by Gasteiger charge is 2.30. The maximum atomic E-state index is 13.4. The number of rotatable bonds is 10. The number of aliphatic carboxylic acids is 1. The summed E-state index contributed by atoms with van der Waals surface area (Å²) < 4.78 is 5.59. The van der Waals surface area contributed by atoms with E-state index in [1.165, 1.54) is 44.4 Å². The summed E-state index contributed by atoms with van der Waals surface area (Å²) in [5.74, 6) is -0.520. The predicted octanol–water partition coefficient (Wildman–Crippen LogP) is 5.93. The van der Waals surface area contributed by atoms with Crippen molar-refractivity contribution in [3.05, 3.63) is 59.7 Å². The molecule has 2 aromatic rings. The van der Waals surface area contributed by atoms with Crippen molar-refractivity contribution in [2.75, 3.05) is 18.0 Å². The third-order valence-corrected chi connectivity index (χ3v) is 6.69. The van der Waals surface area contributed by atoms with Crippen molar-refractivity contribution in [1.82, 2.24) is 5.32 Å². The molecule has 6 nitrogen and oxygen atoms in total. The van der Waals surface area contributed by atoms with Crippen LogP contribution in [0, 0.1) is 5.92 Å². The lowest BCUT2D eigenvalue weighted by atomic mass is 9.93. The number of carbonyl (C=O) groups excluding carboxylic acids is 1. The largest absolute Gasteiger partial charge is 0.478 e. The third-order valence-electron chi connectivity index (χ3n) is 6.69. The fourth-order valence-electron chi connectivity index (χ4n) is 4.55. The van der Waals surface area contributed by atoms with Gasteiger partial charge in [0.15, 0.2) is 5.60 Å². The summed E-state index contributed by atoms with van der Waals surface area (Å²) >= 11 is 0. The Hall–Kier alpha value is -3.02. The van der Waals surface area contributed by atoms with Gasteiger partial charge in [-0.15, -0.1) is 0 Å². The standard InChI is InChI=1S/C29H40N2O4/c1-20(2)19-25(24-11-7-8-12-26(24)31-17-9-6-10-18-31)30-27(32)21(3)22-13-15-23(16-14-22)35-29(4,5)28(33)34/h7-8,11-16,20-21,25H,6,9-10,17-19H2,1-5H3,(H,30,32)(H,33,34). The first-order chi connectivity index (χ1) is 16.6. The van der Waals surface area contributed by atoms with Gasteiger partial charge in [0.05, 0.1) is 12.0 Å². The van der Waals surface area contributed by atoms with Gasteiger partial charge in [-0.2, -0.15) is 0 Å². The minimum absolute atomic E-state index is 0.0244. The van der Waals surface area contributed by atoms with Crippen LogP contribution in [0.1, 0.15) is 83.4 Å². The smallest absolute Gasteiger partial charge is 0.347 e. The summed E-state index contributed by atoms with van der Waals surface area (Å²) in [6, 6.07) is 15.5. The molecule has 6 heteroatoms. The Morgan fingerprint density at radius 3 is 2.23 bits per heavy atom. The lowest BCUT2D eigenvalue weighted by Crippen LogP contribution is -2.37. The molecule has 0 spiro atoms. The number of piperidine rings is 1. The van der Waals surface area contributed by atoms with Crippen molar-refractivity contribution in [2.24, 2.45) is 5.92 Å². The van der Waals surface area contributed by atoms with E-state index < -0.39 is 11.6 Å². The molecule has 0 aliphatic carbocycles. The SMILES string of the molecule is CC(C)CC(NC(=O)C(C)c1ccc(OC(C)(C)C(=O)O)cc1)c1ccccc1N1CCCCC1. The van der Waals surface area contributed by atoms with Crippen LogP contribution in [0.25, 0.3) is 0 Å². The molecule has 1 heterocycles. The van der Waals surface area contributed by atoms with Crippen molar-refractivity contribution < 1.29 is 19.4 Å². The number of hydrogen-bond donors (Lipinski definition) is 2. The highest BCUT2D eigenvalue weighted by molar-refractivity contribution is 5.84. The van der Waals surface area contributed by atoms with E-state index in [2.05, 4.69) is 48.3 Å². The number of nitrogens with zero attached hydrogens (tertiary/aromatic N) is 1. The normalized spacial score (nSPS) is 16.0. The molecule has 0 aromatic heterocycles. The van der Waals surface area contributed by atoms with E-state index >= 15 is 0 Å². The molecular weight excluding hydrogens is 440 g/mol. The molecule has 1 aliphatic rings. The first-order valence-electron chi connectivity index (χ1n) is 12.7. The van der Waals surface area contributed by atoms with Gasteiger partial charge < -0.3 is 20.1 Å². The van der Waals surface area contributed by atoms with E-state index in [0.717, 1.165) is 25.1 Å². The Bertz CT molecular complexity index is 994. The zero-order chi connectivity index (χ0) is 25.6. The van der Waals surface area contributed by atoms with Crippen LogP contribution in [-0.4, -0.2) is 35.7 Å². The van der Waals surface area contributed by atoms with Gasteiger partial charge in [-0.3, -0.25) is 4.79 Å². The van der Waals surface area contributed by atoms with Crippen molar-refractivity contribution in [3.63, 3.8) is 0 Å². The van der Waals surface area contributed by atoms with Gasteiger partial charge in [0.25, 0.3) is 0 Å². The Morgan fingerprint density at radius 1 is 1.00 bits per heavy atom. The zero-order valence-electron chi connectivity index (χ0n) is 21.7. The molecule has 2 atom stereocenters. The van der Waals surface area contributed by atoms with Crippen LogP contribution in [0.2, 0.25) is 0 Å². The topological polar surface area (TPSA) is 78.9 Å². The van der Waals surface area contributed by atoms with Gasteiger partial charge in [0.2, 0.25) is 5.91 Å². The quantitative estimate of drug-likeness (QED) is 0.441. The molecule has 0 saturated carbocycles. The molecule has 1 amide bonds. The Morgan fingerprint density at radius 2 is 1.63 bits per heavy atom. The molecule has 2 aromatic carbocycles. The number of benzene rings is 2. The van der Waals surface area contributed by atoms with Gasteiger partial charge in [0, 0.05) is 18.8 Å². The second-order valence-electron chi connectivity index (χ2n) is 10.5. The first-order valence-corrected chi connectivity index (χ1v) is 12.7. The number of nitrogens with one attached hydrogen (secondary N) is 1. The molecule has 1 fully saturated rings. The minimum atomic E-state index is -1.32. The number of ether oxygens (including phenoxy) is 1. The van der Waals surface area contributed by atoms with Crippen molar-refractivity contribution >= 4 is 17.6 Å². The summed E-state index contributed by atoms with van der Waals surface area (Å²) in [5, 5.41) is 12.6. The molecule has 0 bridgehead atoms. The van der Waals surface area contributed by atoms with Crippen LogP contribution < -0.4 is 15.0 Å². The molecule has 35 heavy (non-hydrogen) atoms. The van der Waals surface area contributed by atoms with Gasteiger partial charge in [0.1, 0.15) is 5.75 Å². The maximum absolute atomic E-state index is 13.4. The summed E-state index contributed by atoms with van der Waals surface area (Å²) in [6.45, 7) is 11.4. The van der Waals surface area contributed by atoms with Gasteiger partial charge >= 0.3 is 5.97 Å². The molecule has 2 N–H and O–H groups in total. The molecule has 1 saturated heterocycles. The van der Waals surface area contributed by atoms with Gasteiger partial charge in [-0.25, -0.2) is 4.79 Å². The number of hydrogen-bond acceptors (Lipinski definition) is 4. The van der Waals surface area contributed by atoms with E-state index in [1.54, 1.807) is 12.1 Å². The average Bonchev–Trinajstić information content (AvgIpc) is 2.83. The third kappa shape index (κ3) is 7.00. The summed E-state index contributed by atoms with van der Waals surface area (Å²) in [4.78, 5) is 27.2. The van der Waals surface area contributed by atoms with Crippen LogP contribution in [-0.2, 0) is 9.59 Å². The molecule has 3 rings (SSSR count). The fraction of sp³-hybridized carbons (Fsp3) is 0.517. The van der Waals surface area contributed by atoms with Crippen molar-refractivity contribution in [1.29, 1.82) is 0 Å². The van der Waals surface area contributed by atoms with Crippen molar-refractivity contribution in [3.8, 4) is 5.75 Å². The van der Waals surface area contributed by atoms with Crippen LogP contribution in [0.4, 0.5) is 5.69 Å². The first kappa shape index (κ1) is 26.6. The molecule has 1 aliphatic heterocycles. The van der Waals surface area contributed by atoms with E-state index in [9.17, 15) is 14.7 Å². The van der Waals surface area contributed by atoms with Crippen LogP contribution >= 0.6 is 0 Å². The average molecular weight is 481 g/mol. The van der Waals surface area contributed by atoms with Crippen LogP contribution in [0.3, 0.4) is 0 Å². The van der Waals surface area contributed by atoms with E-state index in [4.69, 9.17) is 4.74 Å². The molecule has 0 radical (unpaired) electrons. The number of anilines is 1. The van der Waals surface area contributed by atoms with E-state index in [1.807, 2.05) is 19.1 Å². The van der Waals surface area contributed by atoms with Gasteiger partial charge in [-0.05, 0) is 81.7 Å². The predicted molar refractivity (Wildman–Crippen MR) is 140 cm³/mol. The maximum Gasteiger partial charge on any atom is 0.347 e. The number of carboxylic acid groups (broad SMARTS) is 1. The Labute approximate surface area is 209 Å². The summed E-state index contributed by atoms with van der Waals surface area (Å²) in [6.07, 6.45) is 4.55. The van der Waals surface area contributed by atoms with Crippen LogP contribution in [0.15, 0.2) is 48.5 Å². The Kier molecular flexibility index (Phi) is 8.82. The minimum Gasteiger partial charge on any atom is -0.478 e. The highest BCUT2D eigenvalue weighted by Crippen LogP contribution is 2.33. The summed E-state index contributed by atoms with van der Waals surface area (Å²) in [7, 11) is 0. The lowest BCUT2D eigenvalue weighted by Gasteiger charge is -2.33. The molecular formula is C29H40N2O4. The highest BCUT2D eigenvalue weighted by atomic mass is 16.5. The summed E-state index contributed by atoms with van der Waals surface area (Å²) in [5.41, 5.74) is 1.95. The number of carboxylic acids is 1. The number of para-hydroxylation sites is 1. The number of amides is 1. The second kappa shape index (κ2) is 11.6. The zero-order valence-corrected chi connectivity index (χ0v) is 21.7. The Balaban J connectivity index is 1.76. The molecule has 190 valence electrons. The lowest BCUT2D eigenvalue weighted by molar-refractivity contribution is -0.152. The van der Waals surface area contributed by atoms with Crippen molar-refractivity contribution in [2.45, 2.75) is 77.9 Å². The van der Waals surface area contributed by atoms with Crippen LogP contribution in [0.5, 0.6) is 5.75 Å². The monoisotopic (exact) mass is 480 g/mol. The van der Waals surface area contributed by atoms with E-state index in [-0.39, 0.29) is 17.9 Å². The fourth-order valence-corrected chi connectivity index (χ4v) is 4.55. The second-order valence-corrected chi connectivity index (χ2v) is 10.5. The van der Waals surface area contributed by atoms with E-state index in [0.29, 0.717) is 11.7 Å². The number of carbonyl (C=O) groups is 2. The van der Waals surface area contributed by atoms with Gasteiger partial charge in [-0.1, -0.05) is 44.2 Å². The molecule has 2 unspecified atom stereocenters.